The summed E-state index contributed by atoms with van der Waals surface area (Å²) < 4.78 is 5.23. The van der Waals surface area contributed by atoms with Gasteiger partial charge in [-0.2, -0.15) is 0 Å². The number of carbonyl (C=O) groups is 2. The third kappa shape index (κ3) is 3.86. The van der Waals surface area contributed by atoms with Gasteiger partial charge in [0.1, 0.15) is 5.76 Å². The zero-order valence-electron chi connectivity index (χ0n) is 12.5. The summed E-state index contributed by atoms with van der Waals surface area (Å²) in [7, 11) is 1.75. The molecule has 1 aromatic heterocycles. The molecule has 116 valence electrons. The molecule has 5 heteroatoms. The lowest BCUT2D eigenvalue weighted by molar-refractivity contribution is -0.145. The van der Waals surface area contributed by atoms with Crippen LogP contribution in [-0.4, -0.2) is 34.5 Å². The van der Waals surface area contributed by atoms with E-state index >= 15 is 0 Å². The van der Waals surface area contributed by atoms with Crippen molar-refractivity contribution in [1.82, 2.24) is 4.90 Å². The Labute approximate surface area is 124 Å². The molecule has 1 aromatic rings. The second-order valence-electron chi connectivity index (χ2n) is 5.89. The number of carboxylic acid groups (broad SMARTS) is 1. The van der Waals surface area contributed by atoms with E-state index in [1.165, 1.54) is 0 Å². The molecule has 0 aliphatic heterocycles. The first-order chi connectivity index (χ1) is 10.0. The van der Waals surface area contributed by atoms with Crippen LogP contribution in [0.15, 0.2) is 22.8 Å². The summed E-state index contributed by atoms with van der Waals surface area (Å²) in [6.45, 7) is 0. The third-order valence-electron chi connectivity index (χ3n) is 4.52. The minimum atomic E-state index is -0.831. The van der Waals surface area contributed by atoms with E-state index in [0.29, 0.717) is 12.8 Å². The summed E-state index contributed by atoms with van der Waals surface area (Å²) in [5.41, 5.74) is -0.510. The molecular formula is C16H23NO4. The standard InChI is InChI=1S/C16H23NO4/c1-17(14(18)8-7-13-6-5-11-21-13)16(12-15(19)20)9-3-2-4-10-16/h5-6,11H,2-4,7-10,12H2,1H3,(H,19,20). The van der Waals surface area contributed by atoms with Gasteiger partial charge in [-0.3, -0.25) is 9.59 Å². The van der Waals surface area contributed by atoms with Crippen LogP contribution in [0.1, 0.15) is 50.7 Å². The molecule has 1 saturated carbocycles. The van der Waals surface area contributed by atoms with Crippen molar-refractivity contribution in [2.45, 2.75) is 56.9 Å². The summed E-state index contributed by atoms with van der Waals surface area (Å²) in [4.78, 5) is 25.3. The van der Waals surface area contributed by atoms with Gasteiger partial charge in [0.2, 0.25) is 5.91 Å². The Morgan fingerprint density at radius 2 is 2.05 bits per heavy atom. The van der Waals surface area contributed by atoms with Gasteiger partial charge in [-0.25, -0.2) is 0 Å². The first-order valence-corrected chi connectivity index (χ1v) is 7.54. The quantitative estimate of drug-likeness (QED) is 0.875. The largest absolute Gasteiger partial charge is 0.481 e. The molecule has 2 rings (SSSR count). The average Bonchev–Trinajstić information content (AvgIpc) is 2.97. The van der Waals surface area contributed by atoms with Crippen molar-refractivity contribution in [3.8, 4) is 0 Å². The van der Waals surface area contributed by atoms with E-state index in [1.54, 1.807) is 24.3 Å². The van der Waals surface area contributed by atoms with Crippen LogP contribution in [0.3, 0.4) is 0 Å². The fourth-order valence-electron chi connectivity index (χ4n) is 3.24. The van der Waals surface area contributed by atoms with Gasteiger partial charge in [-0.1, -0.05) is 19.3 Å². The first kappa shape index (κ1) is 15.6. The minimum Gasteiger partial charge on any atom is -0.481 e. The number of rotatable bonds is 6. The van der Waals surface area contributed by atoms with E-state index in [4.69, 9.17) is 4.42 Å². The van der Waals surface area contributed by atoms with Gasteiger partial charge >= 0.3 is 5.97 Å². The molecule has 0 unspecified atom stereocenters. The van der Waals surface area contributed by atoms with Crippen LogP contribution in [0.25, 0.3) is 0 Å². The van der Waals surface area contributed by atoms with Crippen LogP contribution >= 0.6 is 0 Å². The first-order valence-electron chi connectivity index (χ1n) is 7.54. The number of nitrogens with zero attached hydrogens (tertiary/aromatic N) is 1. The average molecular weight is 293 g/mol. The van der Waals surface area contributed by atoms with E-state index in [9.17, 15) is 14.7 Å². The number of aryl methyl sites for hydroxylation is 1. The highest BCUT2D eigenvalue weighted by atomic mass is 16.4. The van der Waals surface area contributed by atoms with Gasteiger partial charge in [0.05, 0.1) is 18.2 Å². The van der Waals surface area contributed by atoms with Crippen LogP contribution in [-0.2, 0) is 16.0 Å². The van der Waals surface area contributed by atoms with Gasteiger partial charge in [-0.15, -0.1) is 0 Å². The van der Waals surface area contributed by atoms with Crippen molar-refractivity contribution in [2.24, 2.45) is 0 Å². The zero-order chi connectivity index (χ0) is 15.3. The Bertz CT molecular complexity index is 474. The molecule has 1 fully saturated rings. The molecule has 0 radical (unpaired) electrons. The Morgan fingerprint density at radius 1 is 1.33 bits per heavy atom. The lowest BCUT2D eigenvalue weighted by Crippen LogP contribution is -2.52. The normalized spacial score (nSPS) is 17.4. The molecule has 1 aliphatic carbocycles. The van der Waals surface area contributed by atoms with Crippen LogP contribution < -0.4 is 0 Å². The van der Waals surface area contributed by atoms with Crippen molar-refractivity contribution < 1.29 is 19.1 Å². The molecule has 1 amide bonds. The van der Waals surface area contributed by atoms with Gasteiger partial charge in [-0.05, 0) is 25.0 Å². The Hall–Kier alpha value is -1.78. The monoisotopic (exact) mass is 293 g/mol. The third-order valence-corrected chi connectivity index (χ3v) is 4.52. The Balaban J connectivity index is 2.00. The highest BCUT2D eigenvalue weighted by Gasteiger charge is 2.40. The van der Waals surface area contributed by atoms with E-state index in [2.05, 4.69) is 0 Å². The molecule has 1 heterocycles. The van der Waals surface area contributed by atoms with Crippen LogP contribution in [0, 0.1) is 0 Å². The molecule has 0 aromatic carbocycles. The highest BCUT2D eigenvalue weighted by Crippen LogP contribution is 2.36. The summed E-state index contributed by atoms with van der Waals surface area (Å²) >= 11 is 0. The second-order valence-corrected chi connectivity index (χ2v) is 5.89. The van der Waals surface area contributed by atoms with Crippen molar-refractivity contribution in [3.05, 3.63) is 24.2 Å². The van der Waals surface area contributed by atoms with Crippen LogP contribution in [0.2, 0.25) is 0 Å². The molecule has 0 atom stereocenters. The Kier molecular flexibility index (Phi) is 5.04. The summed E-state index contributed by atoms with van der Waals surface area (Å²) in [6.07, 6.45) is 7.20. The maximum atomic E-state index is 12.4. The lowest BCUT2D eigenvalue weighted by atomic mass is 9.78. The van der Waals surface area contributed by atoms with Crippen molar-refractivity contribution in [3.63, 3.8) is 0 Å². The number of hydrogen-bond acceptors (Lipinski definition) is 3. The molecule has 0 saturated heterocycles. The number of carbonyl (C=O) groups excluding carboxylic acids is 1. The maximum Gasteiger partial charge on any atom is 0.305 e. The fourth-order valence-corrected chi connectivity index (χ4v) is 3.24. The highest BCUT2D eigenvalue weighted by molar-refractivity contribution is 5.78. The number of hydrogen-bond donors (Lipinski definition) is 1. The molecular weight excluding hydrogens is 270 g/mol. The smallest absolute Gasteiger partial charge is 0.305 e. The van der Waals surface area contributed by atoms with Gasteiger partial charge in [0.15, 0.2) is 0 Å². The predicted octanol–water partition coefficient (Wildman–Crippen LogP) is 2.85. The number of aliphatic carboxylic acids is 1. The van der Waals surface area contributed by atoms with Gasteiger partial charge < -0.3 is 14.4 Å². The molecule has 21 heavy (non-hydrogen) atoms. The Morgan fingerprint density at radius 3 is 2.62 bits per heavy atom. The number of amides is 1. The molecule has 0 spiro atoms. The lowest BCUT2D eigenvalue weighted by Gasteiger charge is -2.44. The maximum absolute atomic E-state index is 12.4. The van der Waals surface area contributed by atoms with Gasteiger partial charge in [0, 0.05) is 19.9 Å². The molecule has 1 N–H and O–H groups in total. The summed E-state index contributed by atoms with van der Waals surface area (Å²) in [5, 5.41) is 9.19. The van der Waals surface area contributed by atoms with Crippen molar-refractivity contribution in [2.75, 3.05) is 7.05 Å². The van der Waals surface area contributed by atoms with E-state index < -0.39 is 11.5 Å². The minimum absolute atomic E-state index is 0.00505. The predicted molar refractivity (Wildman–Crippen MR) is 77.9 cm³/mol. The van der Waals surface area contributed by atoms with E-state index in [-0.39, 0.29) is 12.3 Å². The summed E-state index contributed by atoms with van der Waals surface area (Å²) in [6, 6.07) is 3.65. The molecule has 1 aliphatic rings. The molecule has 0 bridgehead atoms. The van der Waals surface area contributed by atoms with E-state index in [1.807, 2.05) is 6.07 Å². The fraction of sp³-hybridized carbons (Fsp3) is 0.625. The molecule has 5 nitrogen and oxygen atoms in total. The van der Waals surface area contributed by atoms with Crippen LogP contribution in [0.4, 0.5) is 0 Å². The number of furan rings is 1. The van der Waals surface area contributed by atoms with Crippen LogP contribution in [0.5, 0.6) is 0 Å². The summed E-state index contributed by atoms with van der Waals surface area (Å²) in [5.74, 6) is -0.0511. The van der Waals surface area contributed by atoms with E-state index in [0.717, 1.165) is 37.9 Å². The van der Waals surface area contributed by atoms with Crippen molar-refractivity contribution in [1.29, 1.82) is 0 Å². The topological polar surface area (TPSA) is 70.8 Å². The number of carboxylic acids is 1. The van der Waals surface area contributed by atoms with Gasteiger partial charge in [0.25, 0.3) is 0 Å². The van der Waals surface area contributed by atoms with Crippen molar-refractivity contribution >= 4 is 11.9 Å². The zero-order valence-corrected chi connectivity index (χ0v) is 12.5. The second kappa shape index (κ2) is 6.78. The SMILES string of the molecule is CN(C(=O)CCc1ccco1)C1(CC(=O)O)CCCCC1.